The van der Waals surface area contributed by atoms with Crippen LogP contribution in [0.2, 0.25) is 0 Å². The molecule has 0 unspecified atom stereocenters. The molecule has 2 nitrogen and oxygen atoms in total. The van der Waals surface area contributed by atoms with Crippen LogP contribution in [-0.2, 0) is 6.42 Å². The van der Waals surface area contributed by atoms with E-state index in [9.17, 15) is 4.79 Å². The first-order valence-electron chi connectivity index (χ1n) is 7.86. The van der Waals surface area contributed by atoms with Gasteiger partial charge in [-0.1, -0.05) is 60.1 Å². The lowest BCUT2D eigenvalue weighted by molar-refractivity contribution is 0.0987. The Labute approximate surface area is 144 Å². The maximum absolute atomic E-state index is 12.7. The van der Waals surface area contributed by atoms with Crippen molar-refractivity contribution in [3.63, 3.8) is 0 Å². The van der Waals surface area contributed by atoms with Gasteiger partial charge in [-0.2, -0.15) is 0 Å². The highest BCUT2D eigenvalue weighted by atomic mass is 79.9. The monoisotopic (exact) mass is 367 g/mol. The highest BCUT2D eigenvalue weighted by Gasteiger charge is 2.20. The highest BCUT2D eigenvalue weighted by Crippen LogP contribution is 2.35. The summed E-state index contributed by atoms with van der Waals surface area (Å²) in [5.74, 6) is 0.148. The number of nitrogens with zero attached hydrogens (tertiary/aromatic N) is 1. The third-order valence-corrected chi connectivity index (χ3v) is 4.51. The molecule has 0 aliphatic heterocycles. The Kier molecular flexibility index (Phi) is 4.58. The predicted octanol–water partition coefficient (Wildman–Crippen LogP) is 5.82. The molecule has 0 aliphatic rings. The molecule has 0 amide bonds. The normalized spacial score (nSPS) is 10.9. The zero-order chi connectivity index (χ0) is 16.4. The quantitative estimate of drug-likeness (QED) is 0.543. The second-order valence-electron chi connectivity index (χ2n) is 5.47. The van der Waals surface area contributed by atoms with E-state index in [0.29, 0.717) is 6.42 Å². The zero-order valence-electron chi connectivity index (χ0n) is 13.3. The molecule has 0 spiro atoms. The van der Waals surface area contributed by atoms with E-state index in [0.717, 1.165) is 44.2 Å². The Hall–Kier alpha value is -2.00. The standard InChI is InChI=1S/C20H18BrNO/c1-3-16-20(18(23)4-2)19(13-8-6-5-7-9-13)15-12-14(21)10-11-17(15)22-16/h5-12H,3-4H2,1-2H3. The lowest BCUT2D eigenvalue weighted by Crippen LogP contribution is -2.08. The van der Waals surface area contributed by atoms with E-state index >= 15 is 0 Å². The van der Waals surface area contributed by atoms with Crippen molar-refractivity contribution in [1.82, 2.24) is 4.98 Å². The van der Waals surface area contributed by atoms with Crippen LogP contribution in [0.15, 0.2) is 53.0 Å². The van der Waals surface area contributed by atoms with Crippen LogP contribution in [0.5, 0.6) is 0 Å². The van der Waals surface area contributed by atoms with Crippen LogP contribution in [0, 0.1) is 0 Å². The molecule has 3 heteroatoms. The van der Waals surface area contributed by atoms with Crippen molar-refractivity contribution in [2.75, 3.05) is 0 Å². The smallest absolute Gasteiger partial charge is 0.165 e. The summed E-state index contributed by atoms with van der Waals surface area (Å²) >= 11 is 3.54. The number of hydrogen-bond acceptors (Lipinski definition) is 2. The van der Waals surface area contributed by atoms with Gasteiger partial charge in [0.25, 0.3) is 0 Å². The Morgan fingerprint density at radius 1 is 1.09 bits per heavy atom. The second-order valence-corrected chi connectivity index (χ2v) is 6.38. The third-order valence-electron chi connectivity index (χ3n) is 4.02. The number of halogens is 1. The van der Waals surface area contributed by atoms with Crippen molar-refractivity contribution in [2.24, 2.45) is 0 Å². The predicted molar refractivity (Wildman–Crippen MR) is 98.9 cm³/mol. The molecule has 0 aliphatic carbocycles. The minimum atomic E-state index is 0.148. The van der Waals surface area contributed by atoms with Crippen LogP contribution >= 0.6 is 15.9 Å². The number of benzene rings is 2. The zero-order valence-corrected chi connectivity index (χ0v) is 14.9. The first-order valence-corrected chi connectivity index (χ1v) is 8.65. The highest BCUT2D eigenvalue weighted by molar-refractivity contribution is 9.10. The van der Waals surface area contributed by atoms with E-state index in [2.05, 4.69) is 34.1 Å². The average Bonchev–Trinajstić information content (AvgIpc) is 2.60. The topological polar surface area (TPSA) is 30.0 Å². The summed E-state index contributed by atoms with van der Waals surface area (Å²) in [6.07, 6.45) is 1.22. The first kappa shape index (κ1) is 15.9. The molecular formula is C20H18BrNO. The molecule has 0 radical (unpaired) electrons. The van der Waals surface area contributed by atoms with Crippen LogP contribution in [0.4, 0.5) is 0 Å². The summed E-state index contributed by atoms with van der Waals surface area (Å²) < 4.78 is 0.989. The molecular weight excluding hydrogens is 350 g/mol. The average molecular weight is 368 g/mol. The van der Waals surface area contributed by atoms with Gasteiger partial charge in [0, 0.05) is 27.4 Å². The van der Waals surface area contributed by atoms with Crippen LogP contribution < -0.4 is 0 Å². The SMILES string of the molecule is CCC(=O)c1c(CC)nc2ccc(Br)cc2c1-c1ccccc1. The molecule has 0 saturated carbocycles. The van der Waals surface area contributed by atoms with Gasteiger partial charge in [0.1, 0.15) is 0 Å². The summed E-state index contributed by atoms with van der Waals surface area (Å²) in [5.41, 5.74) is 4.64. The Balaban J connectivity index is 2.48. The van der Waals surface area contributed by atoms with Crippen LogP contribution in [0.3, 0.4) is 0 Å². The fourth-order valence-corrected chi connectivity index (χ4v) is 3.28. The molecule has 0 atom stereocenters. The number of aryl methyl sites for hydroxylation is 1. The molecule has 3 aromatic rings. The minimum Gasteiger partial charge on any atom is -0.294 e. The van der Waals surface area contributed by atoms with E-state index in [4.69, 9.17) is 4.98 Å². The van der Waals surface area contributed by atoms with Gasteiger partial charge in [-0.3, -0.25) is 9.78 Å². The minimum absolute atomic E-state index is 0.148. The summed E-state index contributed by atoms with van der Waals surface area (Å²) in [7, 11) is 0. The molecule has 0 saturated heterocycles. The number of rotatable bonds is 4. The van der Waals surface area contributed by atoms with Gasteiger partial charge in [0.2, 0.25) is 0 Å². The van der Waals surface area contributed by atoms with Crippen molar-refractivity contribution in [1.29, 1.82) is 0 Å². The van der Waals surface area contributed by atoms with Crippen LogP contribution in [0.25, 0.3) is 22.0 Å². The van der Waals surface area contributed by atoms with E-state index in [-0.39, 0.29) is 5.78 Å². The molecule has 1 heterocycles. The number of aromatic nitrogens is 1. The maximum Gasteiger partial charge on any atom is 0.165 e. The van der Waals surface area contributed by atoms with Gasteiger partial charge in [0.05, 0.1) is 11.2 Å². The van der Waals surface area contributed by atoms with Crippen molar-refractivity contribution in [2.45, 2.75) is 26.7 Å². The summed E-state index contributed by atoms with van der Waals surface area (Å²) in [6.45, 7) is 3.95. The summed E-state index contributed by atoms with van der Waals surface area (Å²) in [5, 5.41) is 1.01. The lowest BCUT2D eigenvalue weighted by Gasteiger charge is -2.16. The Morgan fingerprint density at radius 2 is 1.83 bits per heavy atom. The van der Waals surface area contributed by atoms with Crippen LogP contribution in [0.1, 0.15) is 36.3 Å². The number of ketones is 1. The molecule has 23 heavy (non-hydrogen) atoms. The lowest BCUT2D eigenvalue weighted by atomic mass is 9.90. The molecule has 0 bridgehead atoms. The van der Waals surface area contributed by atoms with Crippen molar-refractivity contribution in [3.8, 4) is 11.1 Å². The number of pyridine rings is 1. The van der Waals surface area contributed by atoms with E-state index < -0.39 is 0 Å². The van der Waals surface area contributed by atoms with Gasteiger partial charge in [-0.05, 0) is 30.2 Å². The fraction of sp³-hybridized carbons (Fsp3) is 0.200. The number of carbonyl (C=O) groups excluding carboxylic acids is 1. The Bertz CT molecular complexity index is 872. The van der Waals surface area contributed by atoms with E-state index in [1.54, 1.807) is 0 Å². The molecule has 0 N–H and O–H groups in total. The fourth-order valence-electron chi connectivity index (χ4n) is 2.92. The molecule has 2 aromatic carbocycles. The maximum atomic E-state index is 12.7. The van der Waals surface area contributed by atoms with Crippen molar-refractivity contribution < 1.29 is 4.79 Å². The summed E-state index contributed by atoms with van der Waals surface area (Å²) in [4.78, 5) is 17.4. The molecule has 3 rings (SSSR count). The van der Waals surface area contributed by atoms with Crippen LogP contribution in [-0.4, -0.2) is 10.8 Å². The number of hydrogen-bond donors (Lipinski definition) is 0. The van der Waals surface area contributed by atoms with Gasteiger partial charge in [-0.15, -0.1) is 0 Å². The Morgan fingerprint density at radius 3 is 2.48 bits per heavy atom. The second kappa shape index (κ2) is 6.63. The van der Waals surface area contributed by atoms with Crippen molar-refractivity contribution >= 4 is 32.6 Å². The molecule has 1 aromatic heterocycles. The number of fused-ring (bicyclic) bond motifs is 1. The van der Waals surface area contributed by atoms with Gasteiger partial charge < -0.3 is 0 Å². The van der Waals surface area contributed by atoms with E-state index in [1.807, 2.05) is 44.2 Å². The van der Waals surface area contributed by atoms with Gasteiger partial charge in [0.15, 0.2) is 5.78 Å². The number of carbonyl (C=O) groups is 1. The third kappa shape index (κ3) is 2.93. The van der Waals surface area contributed by atoms with Crippen molar-refractivity contribution in [3.05, 3.63) is 64.3 Å². The largest absolute Gasteiger partial charge is 0.294 e. The molecule has 0 fully saturated rings. The molecule has 116 valence electrons. The van der Waals surface area contributed by atoms with Gasteiger partial charge >= 0.3 is 0 Å². The number of Topliss-reactive ketones (excluding diaryl/α,β-unsaturated/α-hetero) is 1. The summed E-state index contributed by atoms with van der Waals surface area (Å²) in [6, 6.07) is 16.2. The van der Waals surface area contributed by atoms with Gasteiger partial charge in [-0.25, -0.2) is 0 Å². The van der Waals surface area contributed by atoms with E-state index in [1.165, 1.54) is 0 Å². The first-order chi connectivity index (χ1) is 11.2.